The first kappa shape index (κ1) is 16.3. The van der Waals surface area contributed by atoms with E-state index in [9.17, 15) is 4.79 Å². The number of nitrogens with one attached hydrogen (secondary N) is 1. The van der Waals surface area contributed by atoms with Gasteiger partial charge in [0.15, 0.2) is 10.9 Å². The molecule has 0 fully saturated rings. The van der Waals surface area contributed by atoms with Crippen molar-refractivity contribution < 1.29 is 18.5 Å². The number of anilines is 1. The van der Waals surface area contributed by atoms with Gasteiger partial charge >= 0.3 is 0 Å². The molecule has 3 heterocycles. The molecule has 0 aliphatic carbocycles. The van der Waals surface area contributed by atoms with E-state index >= 15 is 0 Å². The summed E-state index contributed by atoms with van der Waals surface area (Å²) < 4.78 is 16.5. The third-order valence-corrected chi connectivity index (χ3v) is 4.55. The fraction of sp³-hybridized carbons (Fsp3) is 0.176. The van der Waals surface area contributed by atoms with Crippen LogP contribution in [0.5, 0.6) is 5.75 Å². The normalized spacial score (nSPS) is 11.0. The highest BCUT2D eigenvalue weighted by Crippen LogP contribution is 2.29. The third-order valence-electron chi connectivity index (χ3n) is 3.62. The van der Waals surface area contributed by atoms with E-state index in [0.29, 0.717) is 29.0 Å². The van der Waals surface area contributed by atoms with Crippen LogP contribution in [0.25, 0.3) is 21.8 Å². The van der Waals surface area contributed by atoms with Crippen molar-refractivity contribution in [2.24, 2.45) is 0 Å². The standard InChI is InChI=1S/C17H14N4O4S/c1-23-10-4-5-11-13(9-10)26-17(18-11)19-14(22)6-7-15-20-16(21-25-15)12-3-2-8-24-12/h2-5,8-9H,6-7H2,1H3,(H,18,19,22). The highest BCUT2D eigenvalue weighted by Gasteiger charge is 2.13. The summed E-state index contributed by atoms with van der Waals surface area (Å²) in [6, 6.07) is 9.06. The molecule has 1 amide bonds. The molecular weight excluding hydrogens is 356 g/mol. The van der Waals surface area contributed by atoms with Gasteiger partial charge in [-0.15, -0.1) is 0 Å². The second-order valence-electron chi connectivity index (χ2n) is 5.39. The summed E-state index contributed by atoms with van der Waals surface area (Å²) in [6.07, 6.45) is 2.07. The number of thiazole rings is 1. The van der Waals surface area contributed by atoms with E-state index in [-0.39, 0.29) is 12.3 Å². The van der Waals surface area contributed by atoms with Gasteiger partial charge in [0.2, 0.25) is 17.6 Å². The molecule has 0 saturated heterocycles. The van der Waals surface area contributed by atoms with Gasteiger partial charge in [-0.3, -0.25) is 4.79 Å². The van der Waals surface area contributed by atoms with Crippen LogP contribution in [-0.4, -0.2) is 28.1 Å². The summed E-state index contributed by atoms with van der Waals surface area (Å²) >= 11 is 1.39. The van der Waals surface area contributed by atoms with E-state index in [1.165, 1.54) is 17.6 Å². The number of carbonyl (C=O) groups is 1. The Morgan fingerprint density at radius 1 is 1.31 bits per heavy atom. The molecule has 0 aliphatic rings. The Kier molecular flexibility index (Phi) is 4.36. The van der Waals surface area contributed by atoms with Gasteiger partial charge in [0.1, 0.15) is 5.75 Å². The Morgan fingerprint density at radius 3 is 3.04 bits per heavy atom. The van der Waals surface area contributed by atoms with Crippen molar-refractivity contribution in [3.05, 3.63) is 42.5 Å². The van der Waals surface area contributed by atoms with Crippen LogP contribution in [0.3, 0.4) is 0 Å². The molecule has 0 atom stereocenters. The Labute approximate surface area is 151 Å². The molecule has 0 saturated carbocycles. The number of ether oxygens (including phenoxy) is 1. The second kappa shape index (κ2) is 6.96. The van der Waals surface area contributed by atoms with E-state index in [4.69, 9.17) is 13.7 Å². The van der Waals surface area contributed by atoms with Crippen molar-refractivity contribution >= 4 is 32.6 Å². The lowest BCUT2D eigenvalue weighted by Crippen LogP contribution is -2.12. The van der Waals surface area contributed by atoms with Crippen LogP contribution in [0.2, 0.25) is 0 Å². The number of hydrogen-bond donors (Lipinski definition) is 1. The molecular formula is C17H14N4O4S. The molecule has 0 spiro atoms. The topological polar surface area (TPSA) is 103 Å². The quantitative estimate of drug-likeness (QED) is 0.554. The number of hydrogen-bond acceptors (Lipinski definition) is 8. The van der Waals surface area contributed by atoms with Crippen molar-refractivity contribution in [1.82, 2.24) is 15.1 Å². The summed E-state index contributed by atoms with van der Waals surface area (Å²) in [4.78, 5) is 20.7. The van der Waals surface area contributed by atoms with Crippen molar-refractivity contribution in [2.45, 2.75) is 12.8 Å². The number of methoxy groups -OCH3 is 1. The largest absolute Gasteiger partial charge is 0.497 e. The number of aryl methyl sites for hydroxylation is 1. The molecule has 0 bridgehead atoms. The van der Waals surface area contributed by atoms with E-state index in [1.807, 2.05) is 18.2 Å². The number of aromatic nitrogens is 3. The third kappa shape index (κ3) is 3.42. The van der Waals surface area contributed by atoms with Crippen LogP contribution in [0, 0.1) is 0 Å². The molecule has 0 aliphatic heterocycles. The van der Waals surface area contributed by atoms with Gasteiger partial charge in [0, 0.05) is 12.8 Å². The molecule has 3 aromatic heterocycles. The molecule has 8 nitrogen and oxygen atoms in total. The molecule has 1 aromatic carbocycles. The molecule has 1 N–H and O–H groups in total. The van der Waals surface area contributed by atoms with Crippen LogP contribution in [-0.2, 0) is 11.2 Å². The first-order chi connectivity index (χ1) is 12.7. The van der Waals surface area contributed by atoms with Gasteiger partial charge in [-0.25, -0.2) is 4.98 Å². The van der Waals surface area contributed by atoms with Crippen LogP contribution in [0.15, 0.2) is 45.5 Å². The Bertz CT molecular complexity index is 1040. The fourth-order valence-corrected chi connectivity index (χ4v) is 3.26. The lowest BCUT2D eigenvalue weighted by atomic mass is 10.3. The monoisotopic (exact) mass is 370 g/mol. The Morgan fingerprint density at radius 2 is 2.23 bits per heavy atom. The first-order valence-corrected chi connectivity index (χ1v) is 8.64. The number of carbonyl (C=O) groups excluding carboxylic acids is 1. The van der Waals surface area contributed by atoms with Gasteiger partial charge in [0.25, 0.3) is 0 Å². The zero-order valence-corrected chi connectivity index (χ0v) is 14.6. The first-order valence-electron chi connectivity index (χ1n) is 7.82. The van der Waals surface area contributed by atoms with Crippen LogP contribution in [0.4, 0.5) is 5.13 Å². The molecule has 0 radical (unpaired) electrons. The van der Waals surface area contributed by atoms with Gasteiger partial charge < -0.3 is 19.0 Å². The summed E-state index contributed by atoms with van der Waals surface area (Å²) in [6.45, 7) is 0. The molecule has 26 heavy (non-hydrogen) atoms. The lowest BCUT2D eigenvalue weighted by molar-refractivity contribution is -0.116. The SMILES string of the molecule is COc1ccc2nc(NC(=O)CCc3nc(-c4ccco4)no3)sc2c1. The summed E-state index contributed by atoms with van der Waals surface area (Å²) in [5.74, 6) is 1.84. The minimum absolute atomic E-state index is 0.172. The van der Waals surface area contributed by atoms with E-state index in [2.05, 4.69) is 20.4 Å². The number of amides is 1. The molecule has 132 valence electrons. The maximum Gasteiger partial charge on any atom is 0.238 e. The Hall–Kier alpha value is -3.20. The van der Waals surface area contributed by atoms with Crippen molar-refractivity contribution in [2.75, 3.05) is 12.4 Å². The average Bonchev–Trinajstić information content (AvgIpc) is 3.38. The fourth-order valence-electron chi connectivity index (χ4n) is 2.35. The van der Waals surface area contributed by atoms with E-state index in [0.717, 1.165) is 16.0 Å². The average molecular weight is 370 g/mol. The summed E-state index contributed by atoms with van der Waals surface area (Å²) in [5, 5.41) is 7.17. The van der Waals surface area contributed by atoms with Gasteiger partial charge in [-0.2, -0.15) is 4.98 Å². The molecule has 0 unspecified atom stereocenters. The predicted octanol–water partition coefficient (Wildman–Crippen LogP) is 3.52. The number of furan rings is 1. The minimum Gasteiger partial charge on any atom is -0.497 e. The van der Waals surface area contributed by atoms with Crippen molar-refractivity contribution in [1.29, 1.82) is 0 Å². The molecule has 4 rings (SSSR count). The van der Waals surface area contributed by atoms with Crippen molar-refractivity contribution in [3.8, 4) is 17.3 Å². The number of benzene rings is 1. The molecule has 9 heteroatoms. The number of fused-ring (bicyclic) bond motifs is 1. The van der Waals surface area contributed by atoms with E-state index in [1.54, 1.807) is 19.2 Å². The van der Waals surface area contributed by atoms with Crippen LogP contribution >= 0.6 is 11.3 Å². The lowest BCUT2D eigenvalue weighted by Gasteiger charge is -1.98. The maximum atomic E-state index is 12.1. The van der Waals surface area contributed by atoms with Gasteiger partial charge in [0.05, 0.1) is 23.6 Å². The molecule has 4 aromatic rings. The minimum atomic E-state index is -0.172. The van der Waals surface area contributed by atoms with Crippen molar-refractivity contribution in [3.63, 3.8) is 0 Å². The van der Waals surface area contributed by atoms with Gasteiger partial charge in [-0.05, 0) is 30.3 Å². The highest BCUT2D eigenvalue weighted by atomic mass is 32.1. The highest BCUT2D eigenvalue weighted by molar-refractivity contribution is 7.22. The van der Waals surface area contributed by atoms with Crippen LogP contribution < -0.4 is 10.1 Å². The number of rotatable bonds is 6. The number of nitrogens with zero attached hydrogens (tertiary/aromatic N) is 3. The summed E-state index contributed by atoms with van der Waals surface area (Å²) in [5.41, 5.74) is 0.811. The summed E-state index contributed by atoms with van der Waals surface area (Å²) in [7, 11) is 1.61. The smallest absolute Gasteiger partial charge is 0.238 e. The zero-order chi connectivity index (χ0) is 17.9. The van der Waals surface area contributed by atoms with E-state index < -0.39 is 0 Å². The Balaban J connectivity index is 1.37. The second-order valence-corrected chi connectivity index (χ2v) is 6.42. The van der Waals surface area contributed by atoms with Gasteiger partial charge in [-0.1, -0.05) is 16.5 Å². The van der Waals surface area contributed by atoms with Crippen LogP contribution in [0.1, 0.15) is 12.3 Å². The maximum absolute atomic E-state index is 12.1. The predicted molar refractivity (Wildman–Crippen MR) is 95.1 cm³/mol. The zero-order valence-electron chi connectivity index (χ0n) is 13.8.